The fourth-order valence-corrected chi connectivity index (χ4v) is 3.27. The average molecular weight is 266 g/mol. The van der Waals surface area contributed by atoms with E-state index in [-0.39, 0.29) is 5.92 Å². The summed E-state index contributed by atoms with van der Waals surface area (Å²) in [4.78, 5) is 14.5. The molecule has 19 heavy (non-hydrogen) atoms. The first-order valence-corrected chi connectivity index (χ1v) is 8.26. The number of likely N-dealkylation sites (tertiary alicyclic amines) is 1. The maximum Gasteiger partial charge on any atom is 0.225 e. The van der Waals surface area contributed by atoms with Gasteiger partial charge >= 0.3 is 0 Å². The van der Waals surface area contributed by atoms with E-state index in [2.05, 4.69) is 24.1 Å². The summed E-state index contributed by atoms with van der Waals surface area (Å²) in [6.45, 7) is 7.32. The Balaban J connectivity index is 1.77. The van der Waals surface area contributed by atoms with Gasteiger partial charge < -0.3 is 10.2 Å². The molecule has 0 aromatic carbocycles. The molecule has 2 fully saturated rings. The summed E-state index contributed by atoms with van der Waals surface area (Å²) in [6.07, 6.45) is 8.56. The molecule has 1 amide bonds. The fraction of sp³-hybridized carbons (Fsp3) is 0.938. The molecule has 0 aromatic rings. The van der Waals surface area contributed by atoms with Crippen LogP contribution in [0.1, 0.15) is 58.8 Å². The van der Waals surface area contributed by atoms with E-state index >= 15 is 0 Å². The van der Waals surface area contributed by atoms with E-state index in [1.165, 1.54) is 25.7 Å². The maximum atomic E-state index is 12.4. The van der Waals surface area contributed by atoms with Gasteiger partial charge in [-0.3, -0.25) is 4.79 Å². The molecule has 1 unspecified atom stereocenters. The van der Waals surface area contributed by atoms with Crippen molar-refractivity contribution in [2.24, 2.45) is 11.8 Å². The van der Waals surface area contributed by atoms with Gasteiger partial charge in [0.05, 0.1) is 0 Å². The third-order valence-electron chi connectivity index (χ3n) is 4.99. The molecule has 1 saturated carbocycles. The van der Waals surface area contributed by atoms with Crippen molar-refractivity contribution < 1.29 is 4.79 Å². The molecule has 3 nitrogen and oxygen atoms in total. The predicted octanol–water partition coefficient (Wildman–Crippen LogP) is 2.80. The third kappa shape index (κ3) is 3.95. The molecule has 1 aliphatic carbocycles. The Bertz CT molecular complexity index is 284. The monoisotopic (exact) mass is 266 g/mol. The van der Waals surface area contributed by atoms with Crippen LogP contribution in [0.25, 0.3) is 0 Å². The van der Waals surface area contributed by atoms with Crippen molar-refractivity contribution >= 4 is 5.91 Å². The second-order valence-electron chi connectivity index (χ2n) is 6.34. The highest BCUT2D eigenvalue weighted by molar-refractivity contribution is 5.78. The number of hydrogen-bond donors (Lipinski definition) is 1. The minimum absolute atomic E-state index is 0.241. The van der Waals surface area contributed by atoms with Crippen molar-refractivity contribution in [3.8, 4) is 0 Å². The number of nitrogens with zero attached hydrogens (tertiary/aromatic N) is 1. The number of amides is 1. The Kier molecular flexibility index (Phi) is 5.68. The fourth-order valence-electron chi connectivity index (χ4n) is 3.27. The van der Waals surface area contributed by atoms with E-state index in [1.54, 1.807) is 0 Å². The number of nitrogens with one attached hydrogen (secondary N) is 1. The normalized spacial score (nSPS) is 24.6. The second kappa shape index (κ2) is 7.28. The molecule has 1 atom stereocenters. The van der Waals surface area contributed by atoms with Crippen LogP contribution in [0.5, 0.6) is 0 Å². The zero-order valence-corrected chi connectivity index (χ0v) is 12.7. The Morgan fingerprint density at radius 3 is 2.53 bits per heavy atom. The van der Waals surface area contributed by atoms with Gasteiger partial charge in [0.2, 0.25) is 5.91 Å². The molecule has 2 rings (SSSR count). The lowest BCUT2D eigenvalue weighted by molar-refractivity contribution is -0.137. The van der Waals surface area contributed by atoms with E-state index in [0.717, 1.165) is 44.8 Å². The summed E-state index contributed by atoms with van der Waals surface area (Å²) in [7, 11) is 0. The van der Waals surface area contributed by atoms with Crippen molar-refractivity contribution in [2.45, 2.75) is 64.8 Å². The molecule has 2 aliphatic rings. The standard InChI is InChI=1S/C16H30N2O/c1-3-14(4-2)16(19)18-10-6-9-15(12-18)17-11-13-7-5-8-13/h13-15,17H,3-12H2,1-2H3. The third-order valence-corrected chi connectivity index (χ3v) is 4.99. The minimum Gasteiger partial charge on any atom is -0.341 e. The smallest absolute Gasteiger partial charge is 0.225 e. The van der Waals surface area contributed by atoms with E-state index in [9.17, 15) is 4.79 Å². The summed E-state index contributed by atoms with van der Waals surface area (Å²) in [5.41, 5.74) is 0. The Morgan fingerprint density at radius 2 is 1.95 bits per heavy atom. The number of carbonyl (C=O) groups is 1. The van der Waals surface area contributed by atoms with Gasteiger partial charge in [-0.2, -0.15) is 0 Å². The molecule has 110 valence electrons. The van der Waals surface area contributed by atoms with Crippen LogP contribution in [0.15, 0.2) is 0 Å². The van der Waals surface area contributed by atoms with E-state index in [0.29, 0.717) is 11.9 Å². The Labute approximate surface area is 118 Å². The molecule has 0 bridgehead atoms. The van der Waals surface area contributed by atoms with Crippen LogP contribution in [-0.4, -0.2) is 36.5 Å². The van der Waals surface area contributed by atoms with Crippen LogP contribution in [0.2, 0.25) is 0 Å². The van der Waals surface area contributed by atoms with Gasteiger partial charge in [0.15, 0.2) is 0 Å². The lowest BCUT2D eigenvalue weighted by atomic mass is 9.85. The largest absolute Gasteiger partial charge is 0.341 e. The SMILES string of the molecule is CCC(CC)C(=O)N1CCCC(NCC2CCC2)C1. The first-order valence-electron chi connectivity index (χ1n) is 8.26. The quantitative estimate of drug-likeness (QED) is 0.802. The molecule has 1 heterocycles. The number of hydrogen-bond acceptors (Lipinski definition) is 2. The molecular formula is C16H30N2O. The van der Waals surface area contributed by atoms with Crippen molar-refractivity contribution in [3.63, 3.8) is 0 Å². The van der Waals surface area contributed by atoms with Crippen LogP contribution in [0.3, 0.4) is 0 Å². The lowest BCUT2D eigenvalue weighted by Crippen LogP contribution is -2.50. The first kappa shape index (κ1) is 14.8. The summed E-state index contributed by atoms with van der Waals surface area (Å²) >= 11 is 0. The van der Waals surface area contributed by atoms with E-state index in [4.69, 9.17) is 0 Å². The highest BCUT2D eigenvalue weighted by atomic mass is 16.2. The molecular weight excluding hydrogens is 236 g/mol. The van der Waals surface area contributed by atoms with E-state index in [1.807, 2.05) is 0 Å². The Hall–Kier alpha value is -0.570. The molecule has 0 aromatic heterocycles. The summed E-state index contributed by atoms with van der Waals surface area (Å²) in [5, 5.41) is 3.69. The van der Waals surface area contributed by atoms with Crippen molar-refractivity contribution in [1.82, 2.24) is 10.2 Å². The molecule has 1 N–H and O–H groups in total. The van der Waals surface area contributed by atoms with Crippen molar-refractivity contribution in [3.05, 3.63) is 0 Å². The predicted molar refractivity (Wildman–Crippen MR) is 79.0 cm³/mol. The number of piperidine rings is 1. The zero-order chi connectivity index (χ0) is 13.7. The van der Waals surface area contributed by atoms with Crippen molar-refractivity contribution in [2.75, 3.05) is 19.6 Å². The van der Waals surface area contributed by atoms with Gasteiger partial charge in [-0.25, -0.2) is 0 Å². The molecule has 1 saturated heterocycles. The summed E-state index contributed by atoms with van der Waals surface area (Å²) in [5.74, 6) is 1.54. The van der Waals surface area contributed by atoms with Gasteiger partial charge in [0, 0.05) is 25.0 Å². The number of carbonyl (C=O) groups excluding carboxylic acids is 1. The zero-order valence-electron chi connectivity index (χ0n) is 12.7. The second-order valence-corrected chi connectivity index (χ2v) is 6.34. The van der Waals surface area contributed by atoms with Crippen LogP contribution >= 0.6 is 0 Å². The summed E-state index contributed by atoms with van der Waals surface area (Å²) in [6, 6.07) is 0.535. The summed E-state index contributed by atoms with van der Waals surface area (Å²) < 4.78 is 0. The van der Waals surface area contributed by atoms with Crippen LogP contribution in [0, 0.1) is 11.8 Å². The van der Waals surface area contributed by atoms with Gasteiger partial charge in [-0.15, -0.1) is 0 Å². The van der Waals surface area contributed by atoms with Gasteiger partial charge in [0.25, 0.3) is 0 Å². The number of rotatable bonds is 6. The average Bonchev–Trinajstić information content (AvgIpc) is 2.38. The highest BCUT2D eigenvalue weighted by Gasteiger charge is 2.27. The van der Waals surface area contributed by atoms with Gasteiger partial charge in [0.1, 0.15) is 0 Å². The molecule has 3 heteroatoms. The van der Waals surface area contributed by atoms with Crippen LogP contribution in [0.4, 0.5) is 0 Å². The first-order chi connectivity index (χ1) is 9.24. The molecule has 0 radical (unpaired) electrons. The van der Waals surface area contributed by atoms with Gasteiger partial charge in [-0.1, -0.05) is 20.3 Å². The van der Waals surface area contributed by atoms with Gasteiger partial charge in [-0.05, 0) is 51.0 Å². The molecule has 1 aliphatic heterocycles. The lowest BCUT2D eigenvalue weighted by Gasteiger charge is -2.36. The van der Waals surface area contributed by atoms with Crippen LogP contribution in [-0.2, 0) is 4.79 Å². The Morgan fingerprint density at radius 1 is 1.21 bits per heavy atom. The highest BCUT2D eigenvalue weighted by Crippen LogP contribution is 2.25. The maximum absolute atomic E-state index is 12.4. The van der Waals surface area contributed by atoms with Crippen molar-refractivity contribution in [1.29, 1.82) is 0 Å². The van der Waals surface area contributed by atoms with Crippen LogP contribution < -0.4 is 5.32 Å². The molecule has 0 spiro atoms. The minimum atomic E-state index is 0.241. The van der Waals surface area contributed by atoms with E-state index < -0.39 is 0 Å². The topological polar surface area (TPSA) is 32.3 Å².